The van der Waals surface area contributed by atoms with Crippen molar-refractivity contribution in [3.8, 4) is 0 Å². The third-order valence-electron chi connectivity index (χ3n) is 2.48. The van der Waals surface area contributed by atoms with E-state index in [9.17, 15) is 18.0 Å². The molecule has 0 atom stereocenters. The number of amides is 1. The Kier molecular flexibility index (Phi) is 4.78. The van der Waals surface area contributed by atoms with E-state index in [1.165, 1.54) is 30.3 Å². The summed E-state index contributed by atoms with van der Waals surface area (Å²) >= 11 is 1.10. The Morgan fingerprint density at radius 1 is 1.18 bits per heavy atom. The van der Waals surface area contributed by atoms with Crippen LogP contribution in [0.15, 0.2) is 46.0 Å². The predicted molar refractivity (Wildman–Crippen MR) is 81.0 cm³/mol. The minimum Gasteiger partial charge on any atom is -0.452 e. The van der Waals surface area contributed by atoms with Crippen LogP contribution in [-0.4, -0.2) is 26.9 Å². The lowest BCUT2D eigenvalue weighted by Gasteiger charge is -2.07. The van der Waals surface area contributed by atoms with Gasteiger partial charge < -0.3 is 10.5 Å². The number of ether oxygens (including phenoxy) is 1. The van der Waals surface area contributed by atoms with Gasteiger partial charge in [0.25, 0.3) is 15.9 Å². The van der Waals surface area contributed by atoms with Crippen molar-refractivity contribution >= 4 is 38.9 Å². The lowest BCUT2D eigenvalue weighted by Crippen LogP contribution is -2.20. The van der Waals surface area contributed by atoms with Crippen LogP contribution in [0.25, 0.3) is 0 Å². The number of sulfonamides is 1. The fourth-order valence-corrected chi connectivity index (χ4v) is 3.57. The van der Waals surface area contributed by atoms with E-state index >= 15 is 0 Å². The Hall–Kier alpha value is -2.39. The van der Waals surface area contributed by atoms with Gasteiger partial charge in [0.1, 0.15) is 4.21 Å². The first kappa shape index (κ1) is 16.0. The Balaban J connectivity index is 2.06. The molecular formula is C13H12N2O5S2. The van der Waals surface area contributed by atoms with Gasteiger partial charge in [0, 0.05) is 5.69 Å². The van der Waals surface area contributed by atoms with Crippen LogP contribution in [-0.2, 0) is 19.6 Å². The van der Waals surface area contributed by atoms with Crippen molar-refractivity contribution in [2.75, 3.05) is 11.3 Å². The van der Waals surface area contributed by atoms with Crippen molar-refractivity contribution in [2.45, 2.75) is 4.21 Å². The van der Waals surface area contributed by atoms with Crippen molar-refractivity contribution in [1.82, 2.24) is 0 Å². The fourth-order valence-electron chi connectivity index (χ4n) is 1.52. The van der Waals surface area contributed by atoms with E-state index in [0.717, 1.165) is 11.3 Å². The second-order valence-electron chi connectivity index (χ2n) is 4.16. The maximum Gasteiger partial charge on any atom is 0.338 e. The normalized spacial score (nSPS) is 10.9. The summed E-state index contributed by atoms with van der Waals surface area (Å²) in [7, 11) is -3.63. The van der Waals surface area contributed by atoms with Gasteiger partial charge in [-0.1, -0.05) is 6.07 Å². The molecule has 0 saturated carbocycles. The van der Waals surface area contributed by atoms with Crippen molar-refractivity contribution in [1.29, 1.82) is 0 Å². The third-order valence-corrected chi connectivity index (χ3v) is 5.26. The number of thiophene rings is 1. The lowest BCUT2D eigenvalue weighted by molar-refractivity contribution is -0.121. The molecular weight excluding hydrogens is 328 g/mol. The zero-order valence-corrected chi connectivity index (χ0v) is 12.8. The second kappa shape index (κ2) is 6.58. The first-order chi connectivity index (χ1) is 10.4. The summed E-state index contributed by atoms with van der Waals surface area (Å²) in [5.41, 5.74) is 5.35. The van der Waals surface area contributed by atoms with Gasteiger partial charge in [-0.25, -0.2) is 13.2 Å². The van der Waals surface area contributed by atoms with Gasteiger partial charge in [0.2, 0.25) is 0 Å². The van der Waals surface area contributed by atoms with Crippen molar-refractivity contribution in [3.05, 3.63) is 47.3 Å². The standard InChI is InChI=1S/C13H12N2O5S2/c14-11(16)8-20-13(17)9-3-5-10(6-4-9)15-22(18,19)12-2-1-7-21-12/h1-7,15H,8H2,(H2,14,16). The minimum absolute atomic E-state index is 0.181. The van der Waals surface area contributed by atoms with Gasteiger partial charge in [-0.2, -0.15) is 0 Å². The molecule has 2 rings (SSSR count). The van der Waals surface area contributed by atoms with Crippen molar-refractivity contribution in [2.24, 2.45) is 5.73 Å². The maximum absolute atomic E-state index is 12.0. The number of hydrogen-bond donors (Lipinski definition) is 2. The van der Waals surface area contributed by atoms with E-state index in [1.54, 1.807) is 11.4 Å². The zero-order valence-electron chi connectivity index (χ0n) is 11.2. The first-order valence-electron chi connectivity index (χ1n) is 6.00. The van der Waals surface area contributed by atoms with E-state index in [4.69, 9.17) is 5.73 Å². The van der Waals surface area contributed by atoms with Crippen LogP contribution in [0, 0.1) is 0 Å². The molecule has 3 N–H and O–H groups in total. The topological polar surface area (TPSA) is 116 Å². The number of esters is 1. The number of primary amides is 1. The van der Waals surface area contributed by atoms with E-state index in [-0.39, 0.29) is 9.77 Å². The largest absolute Gasteiger partial charge is 0.452 e. The van der Waals surface area contributed by atoms with Crippen molar-refractivity contribution < 1.29 is 22.7 Å². The highest BCUT2D eigenvalue weighted by Crippen LogP contribution is 2.20. The molecule has 7 nitrogen and oxygen atoms in total. The van der Waals surface area contributed by atoms with Crippen LogP contribution < -0.4 is 10.5 Å². The number of anilines is 1. The first-order valence-corrected chi connectivity index (χ1v) is 8.36. The van der Waals surface area contributed by atoms with Crippen LogP contribution in [0.1, 0.15) is 10.4 Å². The van der Waals surface area contributed by atoms with Gasteiger partial charge in [-0.15, -0.1) is 11.3 Å². The minimum atomic E-state index is -3.63. The molecule has 0 aliphatic heterocycles. The predicted octanol–water partition coefficient (Wildman–Crippen LogP) is 1.19. The molecule has 0 spiro atoms. The molecule has 0 saturated heterocycles. The monoisotopic (exact) mass is 340 g/mol. The summed E-state index contributed by atoms with van der Waals surface area (Å²) in [5.74, 6) is -1.47. The highest BCUT2D eigenvalue weighted by atomic mass is 32.2. The Morgan fingerprint density at radius 2 is 1.86 bits per heavy atom. The molecule has 116 valence electrons. The molecule has 0 aliphatic rings. The molecule has 9 heteroatoms. The Bertz CT molecular complexity index is 767. The number of carbonyl (C=O) groups is 2. The molecule has 1 amide bonds. The number of rotatable bonds is 6. The Morgan fingerprint density at radius 3 is 2.41 bits per heavy atom. The summed E-state index contributed by atoms with van der Waals surface area (Å²) in [6, 6.07) is 8.74. The quantitative estimate of drug-likeness (QED) is 0.766. The summed E-state index contributed by atoms with van der Waals surface area (Å²) in [6.45, 7) is -0.508. The van der Waals surface area contributed by atoms with E-state index in [0.29, 0.717) is 5.69 Å². The summed E-state index contributed by atoms with van der Waals surface area (Å²) in [4.78, 5) is 22.1. The highest BCUT2D eigenvalue weighted by Gasteiger charge is 2.15. The average Bonchev–Trinajstić information content (AvgIpc) is 3.00. The van der Waals surface area contributed by atoms with Crippen LogP contribution in [0.3, 0.4) is 0 Å². The molecule has 0 unspecified atom stereocenters. The number of benzene rings is 1. The fraction of sp³-hybridized carbons (Fsp3) is 0.0769. The van der Waals surface area contributed by atoms with Crippen LogP contribution in [0.5, 0.6) is 0 Å². The van der Waals surface area contributed by atoms with E-state index in [2.05, 4.69) is 9.46 Å². The van der Waals surface area contributed by atoms with Crippen LogP contribution in [0.2, 0.25) is 0 Å². The SMILES string of the molecule is NC(=O)COC(=O)c1ccc(NS(=O)(=O)c2cccs2)cc1. The molecule has 2 aromatic rings. The summed E-state index contributed by atoms with van der Waals surface area (Å²) in [6.07, 6.45) is 0. The molecule has 0 radical (unpaired) electrons. The number of nitrogens with two attached hydrogens (primary N) is 1. The molecule has 0 fully saturated rings. The van der Waals surface area contributed by atoms with E-state index < -0.39 is 28.5 Å². The smallest absolute Gasteiger partial charge is 0.338 e. The van der Waals surface area contributed by atoms with Crippen molar-refractivity contribution in [3.63, 3.8) is 0 Å². The molecule has 0 bridgehead atoms. The Labute approximate surface area is 130 Å². The van der Waals surface area contributed by atoms with Gasteiger partial charge in [0.15, 0.2) is 6.61 Å². The molecule has 22 heavy (non-hydrogen) atoms. The molecule has 1 aromatic carbocycles. The molecule has 1 aromatic heterocycles. The third kappa shape index (κ3) is 4.06. The number of hydrogen-bond acceptors (Lipinski definition) is 6. The number of nitrogens with one attached hydrogen (secondary N) is 1. The molecule has 1 heterocycles. The summed E-state index contributed by atoms with van der Waals surface area (Å²) < 4.78 is 31.3. The van der Waals surface area contributed by atoms with Crippen LogP contribution >= 0.6 is 11.3 Å². The lowest BCUT2D eigenvalue weighted by atomic mass is 10.2. The van der Waals surface area contributed by atoms with Gasteiger partial charge >= 0.3 is 5.97 Å². The zero-order chi connectivity index (χ0) is 16.2. The van der Waals surface area contributed by atoms with Crippen LogP contribution in [0.4, 0.5) is 5.69 Å². The average molecular weight is 340 g/mol. The van der Waals surface area contributed by atoms with Gasteiger partial charge in [-0.05, 0) is 35.7 Å². The molecule has 0 aliphatic carbocycles. The second-order valence-corrected chi connectivity index (χ2v) is 7.01. The van der Waals surface area contributed by atoms with E-state index in [1.807, 2.05) is 0 Å². The van der Waals surface area contributed by atoms with Gasteiger partial charge in [0.05, 0.1) is 5.56 Å². The number of carbonyl (C=O) groups excluding carboxylic acids is 2. The highest BCUT2D eigenvalue weighted by molar-refractivity contribution is 7.94. The maximum atomic E-state index is 12.0. The van der Waals surface area contributed by atoms with Gasteiger partial charge in [-0.3, -0.25) is 9.52 Å². The summed E-state index contributed by atoms with van der Waals surface area (Å²) in [5, 5.41) is 1.66.